The van der Waals surface area contributed by atoms with Crippen molar-refractivity contribution in [2.24, 2.45) is 0 Å². The molecule has 0 atom stereocenters. The van der Waals surface area contributed by atoms with E-state index in [0.29, 0.717) is 12.1 Å². The number of amides is 1. The highest BCUT2D eigenvalue weighted by Gasteiger charge is 2.06. The van der Waals surface area contributed by atoms with Crippen LogP contribution in [0.5, 0.6) is 0 Å². The summed E-state index contributed by atoms with van der Waals surface area (Å²) >= 11 is 1.80. The largest absolute Gasteiger partial charge is 0.380 e. The minimum Gasteiger partial charge on any atom is -0.380 e. The van der Waals surface area contributed by atoms with Gasteiger partial charge >= 0.3 is 0 Å². The van der Waals surface area contributed by atoms with Gasteiger partial charge in [-0.25, -0.2) is 0 Å². The molecule has 0 bridgehead atoms. The van der Waals surface area contributed by atoms with Crippen LogP contribution in [0.15, 0.2) is 30.3 Å². The Morgan fingerprint density at radius 1 is 1.20 bits per heavy atom. The van der Waals surface area contributed by atoms with E-state index in [4.69, 9.17) is 0 Å². The van der Waals surface area contributed by atoms with Gasteiger partial charge in [-0.05, 0) is 56.7 Å². The summed E-state index contributed by atoms with van der Waals surface area (Å²) in [6, 6.07) is 10.0. The summed E-state index contributed by atoms with van der Waals surface area (Å²) in [5, 5.41) is 6.23. The van der Waals surface area contributed by atoms with Crippen molar-refractivity contribution < 1.29 is 4.79 Å². The maximum atomic E-state index is 11.8. The van der Waals surface area contributed by atoms with Crippen LogP contribution in [-0.2, 0) is 6.54 Å². The van der Waals surface area contributed by atoms with Crippen LogP contribution in [0, 0.1) is 13.8 Å². The number of carbonyl (C=O) groups is 1. The maximum absolute atomic E-state index is 11.8. The molecule has 1 heterocycles. The standard InChI is InChI=1S/C16H20N2OS/c1-4-17-16(19)13-6-8-15(11(2)9-13)18-10-14-7-5-12(3)20-14/h5-9,18H,4,10H2,1-3H3,(H,17,19). The van der Waals surface area contributed by atoms with Crippen molar-refractivity contribution in [3.63, 3.8) is 0 Å². The molecule has 0 unspecified atom stereocenters. The van der Waals surface area contributed by atoms with Crippen LogP contribution in [0.2, 0.25) is 0 Å². The highest BCUT2D eigenvalue weighted by Crippen LogP contribution is 2.20. The summed E-state index contributed by atoms with van der Waals surface area (Å²) in [6.07, 6.45) is 0. The number of aryl methyl sites for hydroxylation is 2. The quantitative estimate of drug-likeness (QED) is 0.880. The first-order valence-corrected chi connectivity index (χ1v) is 7.60. The molecule has 2 N–H and O–H groups in total. The molecule has 1 aromatic heterocycles. The molecule has 106 valence electrons. The normalized spacial score (nSPS) is 10.3. The number of anilines is 1. The van der Waals surface area contributed by atoms with Gasteiger partial charge in [0.05, 0.1) is 0 Å². The van der Waals surface area contributed by atoms with E-state index in [1.54, 1.807) is 11.3 Å². The van der Waals surface area contributed by atoms with Crippen LogP contribution >= 0.6 is 11.3 Å². The Kier molecular flexibility index (Phi) is 4.79. The topological polar surface area (TPSA) is 41.1 Å². The Bertz CT molecular complexity index is 604. The molecule has 0 fully saturated rings. The van der Waals surface area contributed by atoms with Crippen molar-refractivity contribution in [1.82, 2.24) is 5.32 Å². The second-order valence-electron chi connectivity index (χ2n) is 4.76. The Hall–Kier alpha value is -1.81. The summed E-state index contributed by atoms with van der Waals surface area (Å²) in [6.45, 7) is 7.52. The first-order valence-electron chi connectivity index (χ1n) is 6.78. The Morgan fingerprint density at radius 3 is 2.60 bits per heavy atom. The third kappa shape index (κ3) is 3.61. The van der Waals surface area contributed by atoms with Crippen molar-refractivity contribution in [2.45, 2.75) is 27.3 Å². The van der Waals surface area contributed by atoms with Crippen molar-refractivity contribution >= 4 is 22.9 Å². The van der Waals surface area contributed by atoms with Crippen LogP contribution < -0.4 is 10.6 Å². The summed E-state index contributed by atoms with van der Waals surface area (Å²) in [5.74, 6) is -0.0176. The first kappa shape index (κ1) is 14.6. The first-order chi connectivity index (χ1) is 9.60. The van der Waals surface area contributed by atoms with Gasteiger partial charge in [0.15, 0.2) is 0 Å². The van der Waals surface area contributed by atoms with Gasteiger partial charge in [0.25, 0.3) is 5.91 Å². The molecule has 0 saturated heterocycles. The molecule has 0 aliphatic rings. The van der Waals surface area contributed by atoms with Gasteiger partial charge in [0, 0.05) is 34.1 Å². The predicted molar refractivity (Wildman–Crippen MR) is 85.6 cm³/mol. The van der Waals surface area contributed by atoms with E-state index in [2.05, 4.69) is 29.7 Å². The summed E-state index contributed by atoms with van der Waals surface area (Å²) in [4.78, 5) is 14.4. The molecule has 4 heteroatoms. The van der Waals surface area contributed by atoms with Gasteiger partial charge in [-0.2, -0.15) is 0 Å². The predicted octanol–water partition coefficient (Wildman–Crippen LogP) is 3.73. The lowest BCUT2D eigenvalue weighted by atomic mass is 10.1. The number of benzene rings is 1. The van der Waals surface area contributed by atoms with E-state index in [-0.39, 0.29) is 5.91 Å². The smallest absolute Gasteiger partial charge is 0.251 e. The lowest BCUT2D eigenvalue weighted by Gasteiger charge is -2.10. The lowest BCUT2D eigenvalue weighted by molar-refractivity contribution is 0.0956. The zero-order chi connectivity index (χ0) is 14.5. The third-order valence-electron chi connectivity index (χ3n) is 3.08. The van der Waals surface area contributed by atoms with Crippen LogP contribution in [0.3, 0.4) is 0 Å². The van der Waals surface area contributed by atoms with E-state index in [9.17, 15) is 4.79 Å². The zero-order valence-electron chi connectivity index (χ0n) is 12.1. The second-order valence-corrected chi connectivity index (χ2v) is 6.13. The van der Waals surface area contributed by atoms with E-state index in [1.165, 1.54) is 9.75 Å². The number of thiophene rings is 1. The number of rotatable bonds is 5. The molecule has 20 heavy (non-hydrogen) atoms. The van der Waals surface area contributed by atoms with Gasteiger partial charge in [-0.1, -0.05) is 0 Å². The van der Waals surface area contributed by atoms with Gasteiger partial charge in [-0.3, -0.25) is 4.79 Å². The van der Waals surface area contributed by atoms with Crippen molar-refractivity contribution in [3.05, 3.63) is 51.2 Å². The molecule has 0 radical (unpaired) electrons. The van der Waals surface area contributed by atoms with Crippen LogP contribution in [0.4, 0.5) is 5.69 Å². The Labute approximate surface area is 124 Å². The molecule has 0 spiro atoms. The van der Waals surface area contributed by atoms with Gasteiger partial charge in [-0.15, -0.1) is 11.3 Å². The van der Waals surface area contributed by atoms with E-state index >= 15 is 0 Å². The minimum absolute atomic E-state index is 0.0176. The monoisotopic (exact) mass is 288 g/mol. The van der Waals surface area contributed by atoms with E-state index in [1.807, 2.05) is 32.0 Å². The van der Waals surface area contributed by atoms with Crippen molar-refractivity contribution in [2.75, 3.05) is 11.9 Å². The van der Waals surface area contributed by atoms with Crippen molar-refractivity contribution in [1.29, 1.82) is 0 Å². The van der Waals surface area contributed by atoms with Crippen LogP contribution in [0.1, 0.15) is 32.6 Å². The summed E-state index contributed by atoms with van der Waals surface area (Å²) in [5.41, 5.74) is 2.87. The molecule has 0 saturated carbocycles. The molecule has 1 amide bonds. The molecule has 2 aromatic rings. The fourth-order valence-electron chi connectivity index (χ4n) is 2.03. The molecule has 0 aliphatic carbocycles. The fraction of sp³-hybridized carbons (Fsp3) is 0.312. The molecule has 1 aromatic carbocycles. The third-order valence-corrected chi connectivity index (χ3v) is 4.08. The Balaban J connectivity index is 2.04. The maximum Gasteiger partial charge on any atom is 0.251 e. The zero-order valence-corrected chi connectivity index (χ0v) is 12.9. The summed E-state index contributed by atoms with van der Waals surface area (Å²) in [7, 11) is 0. The number of nitrogens with one attached hydrogen (secondary N) is 2. The number of hydrogen-bond acceptors (Lipinski definition) is 3. The molecule has 0 aliphatic heterocycles. The van der Waals surface area contributed by atoms with E-state index in [0.717, 1.165) is 17.8 Å². The SMILES string of the molecule is CCNC(=O)c1ccc(NCc2ccc(C)s2)c(C)c1. The number of carbonyl (C=O) groups excluding carboxylic acids is 1. The lowest BCUT2D eigenvalue weighted by Crippen LogP contribution is -2.22. The Morgan fingerprint density at radius 2 is 2.00 bits per heavy atom. The molecule has 3 nitrogen and oxygen atoms in total. The van der Waals surface area contributed by atoms with Crippen LogP contribution in [-0.4, -0.2) is 12.5 Å². The molecular weight excluding hydrogens is 268 g/mol. The minimum atomic E-state index is -0.0176. The average molecular weight is 288 g/mol. The second kappa shape index (κ2) is 6.57. The van der Waals surface area contributed by atoms with Gasteiger partial charge < -0.3 is 10.6 Å². The highest BCUT2D eigenvalue weighted by atomic mass is 32.1. The van der Waals surface area contributed by atoms with Gasteiger partial charge in [0.1, 0.15) is 0 Å². The van der Waals surface area contributed by atoms with Crippen LogP contribution in [0.25, 0.3) is 0 Å². The number of hydrogen-bond donors (Lipinski definition) is 2. The molecular formula is C16H20N2OS. The van der Waals surface area contributed by atoms with Crippen molar-refractivity contribution in [3.8, 4) is 0 Å². The van der Waals surface area contributed by atoms with E-state index < -0.39 is 0 Å². The summed E-state index contributed by atoms with van der Waals surface area (Å²) < 4.78 is 0. The fourth-order valence-corrected chi connectivity index (χ4v) is 2.86. The van der Waals surface area contributed by atoms with Gasteiger partial charge in [0.2, 0.25) is 0 Å². The molecule has 2 rings (SSSR count). The average Bonchev–Trinajstić information content (AvgIpc) is 2.83. The highest BCUT2D eigenvalue weighted by molar-refractivity contribution is 7.11.